The van der Waals surface area contributed by atoms with E-state index in [9.17, 15) is 4.79 Å². The van der Waals surface area contributed by atoms with Crippen molar-refractivity contribution in [3.63, 3.8) is 0 Å². The number of rotatable bonds is 8. The molecule has 1 aromatic rings. The molecule has 2 saturated heterocycles. The number of amides is 1. The van der Waals surface area contributed by atoms with Crippen molar-refractivity contribution in [2.45, 2.75) is 44.9 Å². The van der Waals surface area contributed by atoms with E-state index in [4.69, 9.17) is 4.74 Å². The molecule has 5 heteroatoms. The molecule has 2 aliphatic heterocycles. The summed E-state index contributed by atoms with van der Waals surface area (Å²) in [6.45, 7) is 5.90. The molecule has 2 atom stereocenters. The average molecular weight is 450 g/mol. The number of ether oxygens (including phenoxy) is 1. The summed E-state index contributed by atoms with van der Waals surface area (Å²) in [7, 11) is 2.17. The van der Waals surface area contributed by atoms with Gasteiger partial charge in [-0.25, -0.2) is 4.79 Å². The zero-order chi connectivity index (χ0) is 22.6. The molecular weight excluding hydrogens is 410 g/mol. The minimum atomic E-state index is -0.231. The van der Waals surface area contributed by atoms with E-state index in [2.05, 4.69) is 47.2 Å². The van der Waals surface area contributed by atoms with Crippen LogP contribution >= 0.6 is 0 Å². The van der Waals surface area contributed by atoms with Crippen LogP contribution in [0.5, 0.6) is 0 Å². The zero-order valence-electron chi connectivity index (χ0n) is 20.1. The summed E-state index contributed by atoms with van der Waals surface area (Å²) in [6.07, 6.45) is 16.0. The van der Waals surface area contributed by atoms with Crippen molar-refractivity contribution >= 4 is 17.5 Å². The number of hydrogen-bond acceptors (Lipinski definition) is 4. The number of piperidine rings is 1. The van der Waals surface area contributed by atoms with Crippen LogP contribution in [0.1, 0.15) is 44.9 Å². The topological polar surface area (TPSA) is 36.0 Å². The fourth-order valence-corrected chi connectivity index (χ4v) is 5.79. The van der Waals surface area contributed by atoms with Gasteiger partial charge in [-0.3, -0.25) is 4.90 Å². The number of anilines is 2. The van der Waals surface area contributed by atoms with Crippen molar-refractivity contribution in [1.82, 2.24) is 4.90 Å². The lowest BCUT2D eigenvalue weighted by atomic mass is 9.90. The number of carbonyl (C=O) groups is 1. The van der Waals surface area contributed by atoms with Gasteiger partial charge in [0, 0.05) is 38.1 Å². The summed E-state index contributed by atoms with van der Waals surface area (Å²) in [5.74, 6) is 2.76. The van der Waals surface area contributed by atoms with Gasteiger partial charge in [-0.1, -0.05) is 18.2 Å². The van der Waals surface area contributed by atoms with Gasteiger partial charge in [0.15, 0.2) is 0 Å². The van der Waals surface area contributed by atoms with Crippen LogP contribution in [0, 0.1) is 17.8 Å². The molecule has 0 spiro atoms. The van der Waals surface area contributed by atoms with Gasteiger partial charge >= 0.3 is 6.09 Å². The average Bonchev–Trinajstić information content (AvgIpc) is 3.63. The molecule has 0 radical (unpaired) electrons. The molecule has 1 amide bonds. The van der Waals surface area contributed by atoms with E-state index in [1.807, 2.05) is 12.1 Å². The van der Waals surface area contributed by atoms with Crippen molar-refractivity contribution < 1.29 is 9.53 Å². The second-order valence-corrected chi connectivity index (χ2v) is 10.4. The predicted molar refractivity (Wildman–Crippen MR) is 135 cm³/mol. The van der Waals surface area contributed by atoms with Gasteiger partial charge < -0.3 is 14.5 Å². The van der Waals surface area contributed by atoms with Gasteiger partial charge in [0.1, 0.15) is 0 Å². The molecule has 4 aliphatic rings. The molecule has 0 bridgehead atoms. The monoisotopic (exact) mass is 449 g/mol. The van der Waals surface area contributed by atoms with E-state index in [-0.39, 0.29) is 6.09 Å². The highest BCUT2D eigenvalue weighted by Gasteiger charge is 2.40. The molecule has 178 valence electrons. The van der Waals surface area contributed by atoms with Crippen LogP contribution in [0.2, 0.25) is 0 Å². The number of benzene rings is 1. The van der Waals surface area contributed by atoms with Crippen LogP contribution in [0.3, 0.4) is 0 Å². The molecule has 1 saturated carbocycles. The lowest BCUT2D eigenvalue weighted by Gasteiger charge is -2.33. The third-order valence-electron chi connectivity index (χ3n) is 8.04. The standard InChI is InChI=1S/C28H39N3O2/c1-29(25-8-10-26(11-9-25)31-14-5-19-33-28(31)32)17-18-30-15-12-22(13-16-30)20-24-21-27(24)23-6-3-2-4-7-23/h3,6-11,22,24,27H,2,4-5,12-21H2,1H3/t24-,27?/m1/s1. The molecule has 33 heavy (non-hydrogen) atoms. The van der Waals surface area contributed by atoms with Crippen LogP contribution in [-0.2, 0) is 4.74 Å². The van der Waals surface area contributed by atoms with Gasteiger partial charge in [0.05, 0.1) is 6.61 Å². The van der Waals surface area contributed by atoms with Crippen LogP contribution in [0.15, 0.2) is 48.1 Å². The fraction of sp³-hybridized carbons (Fsp3) is 0.607. The second-order valence-electron chi connectivity index (χ2n) is 10.4. The predicted octanol–water partition coefficient (Wildman–Crippen LogP) is 5.48. The van der Waals surface area contributed by atoms with E-state index >= 15 is 0 Å². The number of cyclic esters (lactones) is 1. The summed E-state index contributed by atoms with van der Waals surface area (Å²) in [5, 5.41) is 0. The first kappa shape index (κ1) is 22.5. The van der Waals surface area contributed by atoms with Crippen LogP contribution in [0.4, 0.5) is 16.2 Å². The van der Waals surface area contributed by atoms with Crippen molar-refractivity contribution in [1.29, 1.82) is 0 Å². The Morgan fingerprint density at radius 1 is 1.09 bits per heavy atom. The van der Waals surface area contributed by atoms with Gasteiger partial charge in [0.25, 0.3) is 0 Å². The molecular formula is C28H39N3O2. The molecule has 0 N–H and O–H groups in total. The molecule has 1 aromatic carbocycles. The Bertz CT molecular complexity index is 870. The maximum Gasteiger partial charge on any atom is 0.414 e. The van der Waals surface area contributed by atoms with Gasteiger partial charge in [-0.05, 0) is 106 Å². The summed E-state index contributed by atoms with van der Waals surface area (Å²) in [6, 6.07) is 8.31. The molecule has 2 aliphatic carbocycles. The summed E-state index contributed by atoms with van der Waals surface area (Å²) >= 11 is 0. The number of likely N-dealkylation sites (tertiary alicyclic amines) is 1. The molecule has 1 unspecified atom stereocenters. The number of carbonyl (C=O) groups excluding carboxylic acids is 1. The molecule has 3 fully saturated rings. The molecule has 5 nitrogen and oxygen atoms in total. The number of allylic oxidation sites excluding steroid dienone is 4. The maximum absolute atomic E-state index is 11.9. The number of likely N-dealkylation sites (N-methyl/N-ethyl adjacent to an activating group) is 1. The van der Waals surface area contributed by atoms with Crippen molar-refractivity contribution in [2.75, 3.05) is 56.2 Å². The third kappa shape index (κ3) is 5.63. The maximum atomic E-state index is 11.9. The Kier molecular flexibility index (Phi) is 7.05. The SMILES string of the molecule is CN(CCN1CCC(C[C@@H]2CC2C2=CCCC=C2)CC1)c1ccc(N2CCCOC2=O)cc1. The second kappa shape index (κ2) is 10.3. The fourth-order valence-electron chi connectivity index (χ4n) is 5.79. The van der Waals surface area contributed by atoms with E-state index < -0.39 is 0 Å². The summed E-state index contributed by atoms with van der Waals surface area (Å²) in [5.41, 5.74) is 3.76. The van der Waals surface area contributed by atoms with Gasteiger partial charge in [0.2, 0.25) is 0 Å². The van der Waals surface area contributed by atoms with E-state index in [0.717, 1.165) is 49.5 Å². The van der Waals surface area contributed by atoms with Crippen LogP contribution in [0.25, 0.3) is 0 Å². The first-order valence-electron chi connectivity index (χ1n) is 13.0. The normalized spacial score (nSPS) is 26.2. The first-order valence-corrected chi connectivity index (χ1v) is 13.0. The summed E-state index contributed by atoms with van der Waals surface area (Å²) < 4.78 is 5.16. The van der Waals surface area contributed by atoms with Crippen LogP contribution < -0.4 is 9.80 Å². The van der Waals surface area contributed by atoms with E-state index in [1.165, 1.54) is 57.3 Å². The van der Waals surface area contributed by atoms with Crippen LogP contribution in [-0.4, -0.2) is 57.4 Å². The smallest absolute Gasteiger partial charge is 0.414 e. The first-order chi connectivity index (χ1) is 16.2. The quantitative estimate of drug-likeness (QED) is 0.526. The van der Waals surface area contributed by atoms with E-state index in [0.29, 0.717) is 6.61 Å². The number of hydrogen-bond donors (Lipinski definition) is 0. The van der Waals surface area contributed by atoms with Gasteiger partial charge in [-0.15, -0.1) is 0 Å². The highest BCUT2D eigenvalue weighted by atomic mass is 16.6. The van der Waals surface area contributed by atoms with Crippen molar-refractivity contribution in [3.8, 4) is 0 Å². The zero-order valence-corrected chi connectivity index (χ0v) is 20.1. The van der Waals surface area contributed by atoms with Crippen molar-refractivity contribution in [2.24, 2.45) is 17.8 Å². The highest BCUT2D eigenvalue weighted by molar-refractivity contribution is 5.88. The largest absolute Gasteiger partial charge is 0.449 e. The number of nitrogens with zero attached hydrogens (tertiary/aromatic N) is 3. The molecule has 2 heterocycles. The lowest BCUT2D eigenvalue weighted by molar-refractivity contribution is 0.140. The minimum absolute atomic E-state index is 0.231. The highest BCUT2D eigenvalue weighted by Crippen LogP contribution is 2.50. The minimum Gasteiger partial charge on any atom is -0.449 e. The Morgan fingerprint density at radius 3 is 2.64 bits per heavy atom. The summed E-state index contributed by atoms with van der Waals surface area (Å²) in [4.78, 5) is 18.6. The Morgan fingerprint density at radius 2 is 1.91 bits per heavy atom. The lowest BCUT2D eigenvalue weighted by Crippen LogP contribution is -2.39. The van der Waals surface area contributed by atoms with E-state index in [1.54, 1.807) is 10.5 Å². The van der Waals surface area contributed by atoms with Crippen molar-refractivity contribution in [3.05, 3.63) is 48.1 Å². The molecule has 0 aromatic heterocycles. The Balaban J connectivity index is 1.02. The Hall–Kier alpha value is -2.27. The van der Waals surface area contributed by atoms with Gasteiger partial charge in [-0.2, -0.15) is 0 Å². The molecule has 5 rings (SSSR count). The Labute approximate surface area is 199 Å². The third-order valence-corrected chi connectivity index (χ3v) is 8.04.